The Bertz CT molecular complexity index is 664. The van der Waals surface area contributed by atoms with Crippen molar-refractivity contribution < 1.29 is 4.74 Å². The van der Waals surface area contributed by atoms with E-state index in [9.17, 15) is 0 Å². The molecule has 0 amide bonds. The van der Waals surface area contributed by atoms with E-state index in [1.54, 1.807) is 0 Å². The molecule has 1 N–H and O–H groups in total. The van der Waals surface area contributed by atoms with Crippen molar-refractivity contribution in [3.05, 3.63) is 23.0 Å². The fourth-order valence-electron chi connectivity index (χ4n) is 2.42. The Balaban J connectivity index is 2.08. The summed E-state index contributed by atoms with van der Waals surface area (Å²) >= 11 is 5.47. The van der Waals surface area contributed by atoms with Crippen molar-refractivity contribution in [2.24, 2.45) is 5.41 Å². The van der Waals surface area contributed by atoms with Crippen LogP contribution in [0.25, 0.3) is 11.0 Å². The third-order valence-corrected chi connectivity index (χ3v) is 4.10. The van der Waals surface area contributed by atoms with Gasteiger partial charge in [-0.25, -0.2) is 0 Å². The van der Waals surface area contributed by atoms with Crippen molar-refractivity contribution in [1.29, 1.82) is 0 Å². The first-order chi connectivity index (χ1) is 8.98. The van der Waals surface area contributed by atoms with Crippen LogP contribution in [0, 0.1) is 10.2 Å². The van der Waals surface area contributed by atoms with Crippen molar-refractivity contribution in [2.75, 3.05) is 0 Å². The number of ether oxygens (including phenoxy) is 1. The van der Waals surface area contributed by atoms with E-state index in [0.29, 0.717) is 5.41 Å². The van der Waals surface area contributed by atoms with Crippen LogP contribution in [-0.2, 0) is 6.54 Å². The van der Waals surface area contributed by atoms with Gasteiger partial charge in [0, 0.05) is 6.54 Å². The molecular formula is C15H20N2OS. The summed E-state index contributed by atoms with van der Waals surface area (Å²) in [5.74, 6) is 0.887. The van der Waals surface area contributed by atoms with Crippen molar-refractivity contribution in [3.8, 4) is 5.75 Å². The molecule has 102 valence electrons. The van der Waals surface area contributed by atoms with Crippen molar-refractivity contribution >= 4 is 23.3 Å². The second-order valence-corrected chi connectivity index (χ2v) is 6.53. The topological polar surface area (TPSA) is 29.9 Å². The molecule has 1 aromatic heterocycles. The predicted octanol–water partition coefficient (Wildman–Crippen LogP) is 4.29. The average Bonchev–Trinajstić information content (AvgIpc) is 2.97. The Morgan fingerprint density at radius 1 is 1.42 bits per heavy atom. The van der Waals surface area contributed by atoms with Gasteiger partial charge in [0.1, 0.15) is 11.3 Å². The summed E-state index contributed by atoms with van der Waals surface area (Å²) in [5.41, 5.74) is 2.60. The van der Waals surface area contributed by atoms with Crippen molar-refractivity contribution in [1.82, 2.24) is 9.55 Å². The van der Waals surface area contributed by atoms with Gasteiger partial charge in [-0.1, -0.05) is 13.0 Å². The average molecular weight is 276 g/mol. The van der Waals surface area contributed by atoms with Gasteiger partial charge >= 0.3 is 0 Å². The summed E-state index contributed by atoms with van der Waals surface area (Å²) in [6, 6.07) is 6.14. The number of benzene rings is 1. The van der Waals surface area contributed by atoms with Crippen LogP contribution in [0.2, 0.25) is 0 Å². The number of H-pyrrole nitrogens is 1. The number of imidazole rings is 1. The van der Waals surface area contributed by atoms with Crippen LogP contribution in [-0.4, -0.2) is 15.7 Å². The number of nitrogens with one attached hydrogen (secondary N) is 1. The van der Waals surface area contributed by atoms with Crippen molar-refractivity contribution in [3.63, 3.8) is 0 Å². The molecule has 0 unspecified atom stereocenters. The Kier molecular flexibility index (Phi) is 2.93. The zero-order valence-corrected chi connectivity index (χ0v) is 12.5. The number of hydrogen-bond donors (Lipinski definition) is 1. The summed E-state index contributed by atoms with van der Waals surface area (Å²) < 4.78 is 8.86. The Hall–Kier alpha value is -1.29. The summed E-state index contributed by atoms with van der Waals surface area (Å²) in [4.78, 5) is 3.30. The van der Waals surface area contributed by atoms with Gasteiger partial charge in [-0.2, -0.15) is 0 Å². The molecule has 1 aliphatic carbocycles. The molecule has 0 aliphatic heterocycles. The smallest absolute Gasteiger partial charge is 0.178 e. The summed E-state index contributed by atoms with van der Waals surface area (Å²) in [7, 11) is 0. The number of nitrogens with zero attached hydrogens (tertiary/aromatic N) is 1. The number of aromatic nitrogens is 2. The highest BCUT2D eigenvalue weighted by molar-refractivity contribution is 7.71. The third-order valence-electron chi connectivity index (χ3n) is 3.78. The molecule has 0 radical (unpaired) electrons. The second kappa shape index (κ2) is 4.37. The first-order valence-corrected chi connectivity index (χ1v) is 7.28. The summed E-state index contributed by atoms with van der Waals surface area (Å²) in [6.07, 6.45) is 2.75. The van der Waals surface area contributed by atoms with Gasteiger partial charge < -0.3 is 14.3 Å². The maximum atomic E-state index is 5.85. The predicted molar refractivity (Wildman–Crippen MR) is 80.2 cm³/mol. The van der Waals surface area contributed by atoms with E-state index >= 15 is 0 Å². The molecule has 0 bridgehead atoms. The van der Waals surface area contributed by atoms with Crippen LogP contribution in [0.3, 0.4) is 0 Å². The molecule has 2 aromatic rings. The maximum absolute atomic E-state index is 5.85. The molecule has 1 aliphatic rings. The number of para-hydroxylation sites is 1. The summed E-state index contributed by atoms with van der Waals surface area (Å²) in [6.45, 7) is 7.39. The first-order valence-electron chi connectivity index (χ1n) is 6.87. The van der Waals surface area contributed by atoms with Crippen LogP contribution < -0.4 is 4.74 Å². The van der Waals surface area contributed by atoms with E-state index in [4.69, 9.17) is 17.0 Å². The fraction of sp³-hybridized carbons (Fsp3) is 0.533. The lowest BCUT2D eigenvalue weighted by molar-refractivity contribution is 0.245. The molecule has 1 aromatic carbocycles. The Morgan fingerprint density at radius 3 is 2.79 bits per heavy atom. The minimum Gasteiger partial charge on any atom is -0.489 e. The molecular weight excluding hydrogens is 256 g/mol. The molecule has 1 saturated carbocycles. The highest BCUT2D eigenvalue weighted by atomic mass is 32.1. The monoisotopic (exact) mass is 276 g/mol. The Labute approximate surface area is 118 Å². The van der Waals surface area contributed by atoms with Gasteiger partial charge in [0.2, 0.25) is 0 Å². The molecule has 1 fully saturated rings. The molecule has 1 heterocycles. The van der Waals surface area contributed by atoms with Gasteiger partial charge in [0.25, 0.3) is 0 Å². The van der Waals surface area contributed by atoms with Crippen LogP contribution in [0.1, 0.15) is 33.6 Å². The molecule has 3 rings (SSSR count). The highest BCUT2D eigenvalue weighted by Crippen LogP contribution is 2.47. The molecule has 3 nitrogen and oxygen atoms in total. The number of hydrogen-bond acceptors (Lipinski definition) is 2. The number of aromatic amines is 1. The molecule has 4 heteroatoms. The highest BCUT2D eigenvalue weighted by Gasteiger charge is 2.38. The van der Waals surface area contributed by atoms with Crippen LogP contribution in [0.15, 0.2) is 18.2 Å². The van der Waals surface area contributed by atoms with Crippen LogP contribution >= 0.6 is 12.2 Å². The largest absolute Gasteiger partial charge is 0.489 e. The van der Waals surface area contributed by atoms with E-state index in [1.165, 1.54) is 12.8 Å². The van der Waals surface area contributed by atoms with Gasteiger partial charge in [0.15, 0.2) is 4.77 Å². The lowest BCUT2D eigenvalue weighted by Crippen LogP contribution is -2.08. The van der Waals surface area contributed by atoms with E-state index in [1.807, 2.05) is 26.0 Å². The molecule has 19 heavy (non-hydrogen) atoms. The standard InChI is InChI=1S/C15H20N2OS/c1-10(2)18-12-6-4-5-11-13(12)16-14(19)17(11)9-15(3)7-8-15/h4-6,10H,7-9H2,1-3H3,(H,16,19). The number of fused-ring (bicyclic) bond motifs is 1. The van der Waals surface area contributed by atoms with E-state index in [0.717, 1.165) is 28.1 Å². The SMILES string of the molecule is CC(C)Oc1cccc2c1[nH]c(=S)n2CC1(C)CC1. The van der Waals surface area contributed by atoms with Gasteiger partial charge in [0.05, 0.1) is 11.6 Å². The lowest BCUT2D eigenvalue weighted by atomic mass is 10.1. The van der Waals surface area contributed by atoms with Crippen molar-refractivity contribution in [2.45, 2.75) is 46.3 Å². The van der Waals surface area contributed by atoms with E-state index < -0.39 is 0 Å². The van der Waals surface area contributed by atoms with Crippen LogP contribution in [0.5, 0.6) is 5.75 Å². The normalized spacial score (nSPS) is 17.1. The van der Waals surface area contributed by atoms with Gasteiger partial charge in [-0.15, -0.1) is 0 Å². The third kappa shape index (κ3) is 2.41. The Morgan fingerprint density at radius 2 is 2.16 bits per heavy atom. The van der Waals surface area contributed by atoms with Crippen LogP contribution in [0.4, 0.5) is 0 Å². The minimum atomic E-state index is 0.164. The zero-order valence-electron chi connectivity index (χ0n) is 11.7. The molecule has 0 atom stereocenters. The minimum absolute atomic E-state index is 0.164. The van der Waals surface area contributed by atoms with E-state index in [-0.39, 0.29) is 6.10 Å². The first kappa shape index (κ1) is 12.7. The molecule has 0 spiro atoms. The second-order valence-electron chi connectivity index (χ2n) is 6.14. The van der Waals surface area contributed by atoms with E-state index in [2.05, 4.69) is 22.5 Å². The maximum Gasteiger partial charge on any atom is 0.178 e. The quantitative estimate of drug-likeness (QED) is 0.844. The summed E-state index contributed by atoms with van der Waals surface area (Å²) in [5, 5.41) is 0. The van der Waals surface area contributed by atoms with Gasteiger partial charge in [-0.05, 0) is 56.5 Å². The zero-order chi connectivity index (χ0) is 13.6. The lowest BCUT2D eigenvalue weighted by Gasteiger charge is -2.12. The number of rotatable bonds is 4. The van der Waals surface area contributed by atoms with Gasteiger partial charge in [-0.3, -0.25) is 0 Å². The fourth-order valence-corrected chi connectivity index (χ4v) is 2.68. The molecule has 0 saturated heterocycles.